The van der Waals surface area contributed by atoms with Gasteiger partial charge in [0.1, 0.15) is 5.76 Å². The van der Waals surface area contributed by atoms with E-state index < -0.39 is 0 Å². The van der Waals surface area contributed by atoms with Crippen molar-refractivity contribution in [3.63, 3.8) is 0 Å². The highest BCUT2D eigenvalue weighted by molar-refractivity contribution is 6.33. The zero-order valence-electron chi connectivity index (χ0n) is 21.7. The summed E-state index contributed by atoms with van der Waals surface area (Å²) in [6.45, 7) is 2.48. The number of hydrogen-bond acceptors (Lipinski definition) is 5. The fourth-order valence-electron chi connectivity index (χ4n) is 4.36. The Kier molecular flexibility index (Phi) is 7.99. The van der Waals surface area contributed by atoms with Gasteiger partial charge in [-0.05, 0) is 55.0 Å². The van der Waals surface area contributed by atoms with Crippen molar-refractivity contribution in [2.75, 3.05) is 7.11 Å². The molecule has 0 radical (unpaired) electrons. The monoisotopic (exact) mass is 541 g/mol. The maximum atomic E-state index is 13.9. The Balaban J connectivity index is 1.63. The van der Waals surface area contributed by atoms with E-state index in [-0.39, 0.29) is 19.0 Å². The van der Waals surface area contributed by atoms with E-state index in [4.69, 9.17) is 30.6 Å². The molecule has 0 saturated carbocycles. The van der Waals surface area contributed by atoms with Gasteiger partial charge in [0.2, 0.25) is 5.88 Å². The number of furan rings is 1. The predicted molar refractivity (Wildman–Crippen MR) is 150 cm³/mol. The number of carbonyl (C=O) groups is 1. The Hall–Kier alpha value is -4.49. The van der Waals surface area contributed by atoms with Gasteiger partial charge >= 0.3 is 0 Å². The summed E-state index contributed by atoms with van der Waals surface area (Å²) in [5, 5.41) is 5.30. The van der Waals surface area contributed by atoms with Crippen molar-refractivity contribution in [3.8, 4) is 23.1 Å². The van der Waals surface area contributed by atoms with E-state index in [2.05, 4.69) is 0 Å². The number of para-hydroxylation sites is 3. The maximum absolute atomic E-state index is 13.9. The molecule has 0 unspecified atom stereocenters. The molecule has 0 atom stereocenters. The van der Waals surface area contributed by atoms with Crippen molar-refractivity contribution in [1.82, 2.24) is 14.7 Å². The number of hydrogen-bond donors (Lipinski definition) is 0. The molecule has 198 valence electrons. The molecule has 0 aliphatic heterocycles. The molecule has 0 saturated heterocycles. The van der Waals surface area contributed by atoms with Crippen LogP contribution in [0.15, 0.2) is 102 Å². The number of benzene rings is 3. The first-order chi connectivity index (χ1) is 19.1. The van der Waals surface area contributed by atoms with Gasteiger partial charge in [0, 0.05) is 0 Å². The van der Waals surface area contributed by atoms with E-state index in [1.165, 1.54) is 0 Å². The van der Waals surface area contributed by atoms with E-state index in [0.717, 1.165) is 16.9 Å². The van der Waals surface area contributed by atoms with Crippen LogP contribution in [-0.2, 0) is 19.5 Å². The van der Waals surface area contributed by atoms with Gasteiger partial charge in [-0.1, -0.05) is 61.0 Å². The molecule has 5 aromatic rings. The lowest BCUT2D eigenvalue weighted by molar-refractivity contribution is 0.0716. The second-order valence-electron chi connectivity index (χ2n) is 8.80. The number of amides is 1. The van der Waals surface area contributed by atoms with Gasteiger partial charge < -0.3 is 18.8 Å². The van der Waals surface area contributed by atoms with Gasteiger partial charge in [0.25, 0.3) is 5.91 Å². The second kappa shape index (κ2) is 11.9. The summed E-state index contributed by atoms with van der Waals surface area (Å²) in [4.78, 5) is 15.5. The van der Waals surface area contributed by atoms with Crippen LogP contribution >= 0.6 is 11.6 Å². The highest BCUT2D eigenvalue weighted by Gasteiger charge is 2.27. The van der Waals surface area contributed by atoms with E-state index in [0.29, 0.717) is 40.1 Å². The topological polar surface area (TPSA) is 69.7 Å². The van der Waals surface area contributed by atoms with Crippen molar-refractivity contribution in [2.45, 2.75) is 26.4 Å². The summed E-state index contributed by atoms with van der Waals surface area (Å²) in [5.41, 5.74) is 2.82. The SMILES string of the molecule is CCc1nn(-c2ccccc2)c(Oc2ccccc2OC)c1CN(Cc1ccco1)C(=O)c1ccccc1Cl. The fourth-order valence-corrected chi connectivity index (χ4v) is 4.58. The molecule has 7 nitrogen and oxygen atoms in total. The molecule has 3 aromatic carbocycles. The number of aryl methyl sites for hydroxylation is 1. The maximum Gasteiger partial charge on any atom is 0.256 e. The van der Waals surface area contributed by atoms with Crippen LogP contribution in [0.2, 0.25) is 5.02 Å². The van der Waals surface area contributed by atoms with E-state index in [9.17, 15) is 4.79 Å². The number of methoxy groups -OCH3 is 1. The van der Waals surface area contributed by atoms with Crippen LogP contribution < -0.4 is 9.47 Å². The molecule has 0 fully saturated rings. The molecule has 2 heterocycles. The van der Waals surface area contributed by atoms with Crippen molar-refractivity contribution < 1.29 is 18.7 Å². The molecule has 39 heavy (non-hydrogen) atoms. The van der Waals surface area contributed by atoms with Gasteiger partial charge in [-0.3, -0.25) is 4.79 Å². The number of nitrogens with zero attached hydrogens (tertiary/aromatic N) is 3. The van der Waals surface area contributed by atoms with Crippen LogP contribution in [0, 0.1) is 0 Å². The Morgan fingerprint density at radius 3 is 2.33 bits per heavy atom. The van der Waals surface area contributed by atoms with Crippen molar-refractivity contribution >= 4 is 17.5 Å². The van der Waals surface area contributed by atoms with Crippen LogP contribution in [0.3, 0.4) is 0 Å². The summed E-state index contributed by atoms with van der Waals surface area (Å²) in [7, 11) is 1.60. The molecule has 1 amide bonds. The summed E-state index contributed by atoms with van der Waals surface area (Å²) < 4.78 is 19.5. The third-order valence-corrected chi connectivity index (χ3v) is 6.63. The minimum atomic E-state index is -0.227. The van der Waals surface area contributed by atoms with Gasteiger partial charge in [0.05, 0.1) is 54.0 Å². The first-order valence-corrected chi connectivity index (χ1v) is 13.0. The molecule has 0 aliphatic rings. The highest BCUT2D eigenvalue weighted by Crippen LogP contribution is 2.37. The fraction of sp³-hybridized carbons (Fsp3) is 0.161. The molecule has 8 heteroatoms. The highest BCUT2D eigenvalue weighted by atomic mass is 35.5. The smallest absolute Gasteiger partial charge is 0.256 e. The number of rotatable bonds is 10. The molecule has 0 spiro atoms. The lowest BCUT2D eigenvalue weighted by atomic mass is 10.1. The van der Waals surface area contributed by atoms with E-state index >= 15 is 0 Å². The quantitative estimate of drug-likeness (QED) is 0.185. The summed E-state index contributed by atoms with van der Waals surface area (Å²) >= 11 is 6.44. The van der Waals surface area contributed by atoms with Crippen LogP contribution in [-0.4, -0.2) is 27.7 Å². The number of carbonyl (C=O) groups excluding carboxylic acids is 1. The van der Waals surface area contributed by atoms with Crippen LogP contribution in [0.25, 0.3) is 5.69 Å². The van der Waals surface area contributed by atoms with Gasteiger partial charge in [0.15, 0.2) is 11.5 Å². The van der Waals surface area contributed by atoms with Gasteiger partial charge in [-0.15, -0.1) is 0 Å². The van der Waals surface area contributed by atoms with Gasteiger partial charge in [-0.25, -0.2) is 4.68 Å². The first kappa shape index (κ1) is 26.1. The Morgan fingerprint density at radius 1 is 0.923 bits per heavy atom. The standard InChI is InChI=1S/C31H28ClN3O4/c1-3-27-25(21-34(20-23-14-11-19-38-23)30(36)24-15-7-8-16-26(24)32)31(35(33-27)22-12-5-4-6-13-22)39-29-18-10-9-17-28(29)37-2/h4-19H,3,20-21H2,1-2H3. The largest absolute Gasteiger partial charge is 0.493 e. The molecule has 0 bridgehead atoms. The second-order valence-corrected chi connectivity index (χ2v) is 9.21. The molecule has 0 aliphatic carbocycles. The van der Waals surface area contributed by atoms with Crippen LogP contribution in [0.4, 0.5) is 0 Å². The third-order valence-electron chi connectivity index (χ3n) is 6.30. The average Bonchev–Trinajstić information content (AvgIpc) is 3.61. The van der Waals surface area contributed by atoms with Crippen molar-refractivity contribution in [3.05, 3.63) is 125 Å². The number of halogens is 1. The lowest BCUT2D eigenvalue weighted by Crippen LogP contribution is -2.30. The number of ether oxygens (including phenoxy) is 2. The molecular weight excluding hydrogens is 514 g/mol. The summed E-state index contributed by atoms with van der Waals surface area (Å²) in [6.07, 6.45) is 2.22. The zero-order chi connectivity index (χ0) is 27.2. The van der Waals surface area contributed by atoms with Crippen LogP contribution in [0.5, 0.6) is 17.4 Å². The average molecular weight is 542 g/mol. The first-order valence-electron chi connectivity index (χ1n) is 12.6. The summed E-state index contributed by atoms with van der Waals surface area (Å²) in [5.74, 6) is 2.04. The van der Waals surface area contributed by atoms with E-state index in [1.54, 1.807) is 53.3 Å². The molecule has 0 N–H and O–H groups in total. The predicted octanol–water partition coefficient (Wildman–Crippen LogP) is 7.32. The van der Waals surface area contributed by atoms with Crippen molar-refractivity contribution in [1.29, 1.82) is 0 Å². The van der Waals surface area contributed by atoms with Crippen LogP contribution in [0.1, 0.15) is 34.3 Å². The van der Waals surface area contributed by atoms with Crippen molar-refractivity contribution in [2.24, 2.45) is 0 Å². The Morgan fingerprint density at radius 2 is 1.64 bits per heavy atom. The van der Waals surface area contributed by atoms with E-state index in [1.807, 2.05) is 67.6 Å². The Bertz CT molecular complexity index is 1550. The molecule has 5 rings (SSSR count). The Labute approximate surface area is 232 Å². The zero-order valence-corrected chi connectivity index (χ0v) is 22.5. The molecular formula is C31H28ClN3O4. The minimum Gasteiger partial charge on any atom is -0.493 e. The number of aromatic nitrogens is 2. The normalized spacial score (nSPS) is 10.8. The minimum absolute atomic E-state index is 0.214. The third kappa shape index (κ3) is 5.68. The lowest BCUT2D eigenvalue weighted by Gasteiger charge is -2.23. The van der Waals surface area contributed by atoms with Gasteiger partial charge in [-0.2, -0.15) is 5.10 Å². The molecule has 2 aromatic heterocycles. The summed E-state index contributed by atoms with van der Waals surface area (Å²) in [6, 6.07) is 27.9.